The number of amides is 1. The van der Waals surface area contributed by atoms with E-state index >= 15 is 0 Å². The van der Waals surface area contributed by atoms with Gasteiger partial charge in [0.1, 0.15) is 17.0 Å². The Morgan fingerprint density at radius 1 is 1.14 bits per heavy atom. The summed E-state index contributed by atoms with van der Waals surface area (Å²) < 4.78 is 10.5. The van der Waals surface area contributed by atoms with Crippen LogP contribution in [0.2, 0.25) is 0 Å². The second-order valence-electron chi connectivity index (χ2n) is 6.13. The SMILES string of the molecule is CCN(CC)c1ncnc2sc(C(=O)Nc3ccc(OC)c(OC)c3)c(C)c12. The number of carbonyl (C=O) groups is 1. The van der Waals surface area contributed by atoms with Crippen LogP contribution in [0.4, 0.5) is 11.5 Å². The molecule has 2 aromatic heterocycles. The molecule has 0 aliphatic heterocycles. The molecule has 3 aromatic rings. The van der Waals surface area contributed by atoms with E-state index in [9.17, 15) is 4.79 Å². The Morgan fingerprint density at radius 2 is 1.86 bits per heavy atom. The highest BCUT2D eigenvalue weighted by molar-refractivity contribution is 7.20. The Bertz CT molecular complexity index is 999. The van der Waals surface area contributed by atoms with Gasteiger partial charge in [-0.1, -0.05) is 0 Å². The number of benzene rings is 1. The van der Waals surface area contributed by atoms with Crippen molar-refractivity contribution < 1.29 is 14.3 Å². The lowest BCUT2D eigenvalue weighted by molar-refractivity contribution is 0.103. The predicted octanol–water partition coefficient (Wildman–Crippen LogP) is 4.12. The molecule has 0 fully saturated rings. The van der Waals surface area contributed by atoms with Crippen LogP contribution in [0, 0.1) is 6.92 Å². The highest BCUT2D eigenvalue weighted by Gasteiger charge is 2.21. The lowest BCUT2D eigenvalue weighted by atomic mass is 10.2. The second kappa shape index (κ2) is 8.43. The van der Waals surface area contributed by atoms with E-state index in [1.54, 1.807) is 38.7 Å². The summed E-state index contributed by atoms with van der Waals surface area (Å²) in [6, 6.07) is 5.28. The molecule has 0 bridgehead atoms. The van der Waals surface area contributed by atoms with Crippen LogP contribution in [0.5, 0.6) is 11.5 Å². The van der Waals surface area contributed by atoms with E-state index in [0.717, 1.165) is 34.7 Å². The zero-order valence-electron chi connectivity index (χ0n) is 16.7. The van der Waals surface area contributed by atoms with Crippen molar-refractivity contribution in [2.45, 2.75) is 20.8 Å². The van der Waals surface area contributed by atoms with Crippen LogP contribution < -0.4 is 19.7 Å². The number of aryl methyl sites for hydroxylation is 1. The highest BCUT2D eigenvalue weighted by atomic mass is 32.1. The summed E-state index contributed by atoms with van der Waals surface area (Å²) in [5.41, 5.74) is 1.52. The molecule has 0 unspecified atom stereocenters. The normalized spacial score (nSPS) is 10.8. The van der Waals surface area contributed by atoms with E-state index in [-0.39, 0.29) is 5.91 Å². The molecule has 1 amide bonds. The summed E-state index contributed by atoms with van der Waals surface area (Å²) in [6.45, 7) is 7.79. The van der Waals surface area contributed by atoms with Gasteiger partial charge in [-0.05, 0) is 38.5 Å². The fourth-order valence-electron chi connectivity index (χ4n) is 3.13. The predicted molar refractivity (Wildman–Crippen MR) is 113 cm³/mol. The van der Waals surface area contributed by atoms with E-state index in [4.69, 9.17) is 9.47 Å². The van der Waals surface area contributed by atoms with E-state index in [0.29, 0.717) is 22.1 Å². The van der Waals surface area contributed by atoms with Gasteiger partial charge in [0.25, 0.3) is 5.91 Å². The first-order valence-electron chi connectivity index (χ1n) is 9.06. The van der Waals surface area contributed by atoms with Crippen LogP contribution >= 0.6 is 11.3 Å². The summed E-state index contributed by atoms with van der Waals surface area (Å²) in [6.07, 6.45) is 1.56. The van der Waals surface area contributed by atoms with E-state index in [1.165, 1.54) is 11.3 Å². The van der Waals surface area contributed by atoms with Crippen molar-refractivity contribution in [2.24, 2.45) is 0 Å². The van der Waals surface area contributed by atoms with Gasteiger partial charge in [-0.15, -0.1) is 11.3 Å². The molecule has 0 atom stereocenters. The average molecular weight is 401 g/mol. The number of aromatic nitrogens is 2. The van der Waals surface area contributed by atoms with Crippen LogP contribution in [-0.2, 0) is 0 Å². The van der Waals surface area contributed by atoms with Gasteiger partial charge in [-0.2, -0.15) is 0 Å². The first kappa shape index (κ1) is 19.9. The smallest absolute Gasteiger partial charge is 0.266 e. The van der Waals surface area contributed by atoms with Gasteiger partial charge in [0.15, 0.2) is 11.5 Å². The van der Waals surface area contributed by atoms with Gasteiger partial charge >= 0.3 is 0 Å². The van der Waals surface area contributed by atoms with Gasteiger partial charge in [-0.3, -0.25) is 4.79 Å². The van der Waals surface area contributed by atoms with Crippen molar-refractivity contribution in [1.82, 2.24) is 9.97 Å². The number of hydrogen-bond acceptors (Lipinski definition) is 7. The minimum atomic E-state index is -0.182. The minimum absolute atomic E-state index is 0.182. The van der Waals surface area contributed by atoms with Crippen molar-refractivity contribution in [2.75, 3.05) is 37.5 Å². The molecule has 28 heavy (non-hydrogen) atoms. The number of rotatable bonds is 7. The maximum atomic E-state index is 12.9. The lowest BCUT2D eigenvalue weighted by Gasteiger charge is -2.20. The molecule has 0 saturated heterocycles. The standard InChI is InChI=1S/C20H24N4O3S/c1-6-24(7-2)18-16-12(3)17(28-20(16)22-11-21-18)19(25)23-13-8-9-14(26-4)15(10-13)27-5/h8-11H,6-7H2,1-5H3,(H,23,25). The number of nitrogens with one attached hydrogen (secondary N) is 1. The first-order valence-corrected chi connectivity index (χ1v) is 9.88. The molecule has 2 heterocycles. The molecule has 0 radical (unpaired) electrons. The molecule has 1 N–H and O–H groups in total. The number of anilines is 2. The second-order valence-corrected chi connectivity index (χ2v) is 7.13. The van der Waals surface area contributed by atoms with E-state index in [2.05, 4.69) is 34.0 Å². The maximum absolute atomic E-state index is 12.9. The van der Waals surface area contributed by atoms with Crippen molar-refractivity contribution in [3.8, 4) is 11.5 Å². The molecule has 0 aliphatic rings. The fraction of sp³-hybridized carbons (Fsp3) is 0.350. The fourth-order valence-corrected chi connectivity index (χ4v) is 4.17. The molecule has 148 valence electrons. The quantitative estimate of drug-likeness (QED) is 0.643. The molecule has 8 heteroatoms. The van der Waals surface area contributed by atoms with Crippen molar-refractivity contribution in [1.29, 1.82) is 0 Å². The van der Waals surface area contributed by atoms with Crippen molar-refractivity contribution in [3.63, 3.8) is 0 Å². The Morgan fingerprint density at radius 3 is 2.50 bits per heavy atom. The Kier molecular flexibility index (Phi) is 5.99. The van der Waals surface area contributed by atoms with Crippen LogP contribution in [-0.4, -0.2) is 43.2 Å². The van der Waals surface area contributed by atoms with Gasteiger partial charge in [-0.25, -0.2) is 9.97 Å². The van der Waals surface area contributed by atoms with Gasteiger partial charge in [0, 0.05) is 24.8 Å². The number of fused-ring (bicyclic) bond motifs is 1. The number of nitrogens with zero attached hydrogens (tertiary/aromatic N) is 3. The average Bonchev–Trinajstić information content (AvgIpc) is 3.06. The molecule has 0 aliphatic carbocycles. The molecular weight excluding hydrogens is 376 g/mol. The zero-order chi connectivity index (χ0) is 20.3. The monoisotopic (exact) mass is 400 g/mol. The summed E-state index contributed by atoms with van der Waals surface area (Å²) in [5.74, 6) is 1.85. The number of hydrogen-bond donors (Lipinski definition) is 1. The largest absolute Gasteiger partial charge is 0.493 e. The molecular formula is C20H24N4O3S. The molecule has 7 nitrogen and oxygen atoms in total. The van der Waals surface area contributed by atoms with Crippen molar-refractivity contribution >= 4 is 39.0 Å². The third-order valence-corrected chi connectivity index (χ3v) is 5.82. The number of carbonyl (C=O) groups excluding carboxylic acids is 1. The lowest BCUT2D eigenvalue weighted by Crippen LogP contribution is -2.23. The van der Waals surface area contributed by atoms with E-state index < -0.39 is 0 Å². The maximum Gasteiger partial charge on any atom is 0.266 e. The van der Waals surface area contributed by atoms with Crippen molar-refractivity contribution in [3.05, 3.63) is 35.0 Å². The molecule has 0 saturated carbocycles. The topological polar surface area (TPSA) is 76.6 Å². The number of methoxy groups -OCH3 is 2. The van der Waals surface area contributed by atoms with E-state index in [1.807, 2.05) is 6.92 Å². The number of thiophene rings is 1. The van der Waals surface area contributed by atoms with Crippen LogP contribution in [0.1, 0.15) is 29.1 Å². The minimum Gasteiger partial charge on any atom is -0.493 e. The third kappa shape index (κ3) is 3.60. The van der Waals surface area contributed by atoms with Crippen LogP contribution in [0.3, 0.4) is 0 Å². The first-order chi connectivity index (χ1) is 13.5. The summed E-state index contributed by atoms with van der Waals surface area (Å²) in [7, 11) is 3.14. The Labute approximate surface area is 168 Å². The van der Waals surface area contributed by atoms with Gasteiger partial charge in [0.2, 0.25) is 0 Å². The summed E-state index contributed by atoms with van der Waals surface area (Å²) in [5, 5.41) is 3.88. The number of ether oxygens (including phenoxy) is 2. The van der Waals surface area contributed by atoms with Crippen LogP contribution in [0.25, 0.3) is 10.2 Å². The van der Waals surface area contributed by atoms with Gasteiger partial charge in [0.05, 0.1) is 24.5 Å². The zero-order valence-corrected chi connectivity index (χ0v) is 17.5. The Hall–Kier alpha value is -2.87. The summed E-state index contributed by atoms with van der Waals surface area (Å²) >= 11 is 1.38. The van der Waals surface area contributed by atoms with Gasteiger partial charge < -0.3 is 19.7 Å². The Balaban J connectivity index is 1.97. The van der Waals surface area contributed by atoms with Crippen LogP contribution in [0.15, 0.2) is 24.5 Å². The molecule has 3 rings (SSSR count). The highest BCUT2D eigenvalue weighted by Crippen LogP contribution is 2.36. The summed E-state index contributed by atoms with van der Waals surface area (Å²) in [4.78, 5) is 25.4. The molecule has 0 spiro atoms. The third-order valence-electron chi connectivity index (χ3n) is 4.62. The molecule has 1 aromatic carbocycles.